The highest BCUT2D eigenvalue weighted by atomic mass is 16.5. The van der Waals surface area contributed by atoms with Crippen LogP contribution in [0, 0.1) is 0 Å². The summed E-state index contributed by atoms with van der Waals surface area (Å²) in [4.78, 5) is 0. The zero-order chi connectivity index (χ0) is 9.10. The van der Waals surface area contributed by atoms with E-state index < -0.39 is 0 Å². The molecule has 0 aliphatic heterocycles. The van der Waals surface area contributed by atoms with Gasteiger partial charge in [-0.05, 0) is 31.4 Å². The molecule has 1 N–H and O–H groups in total. The maximum Gasteiger partial charge on any atom is 0.124 e. The van der Waals surface area contributed by atoms with Crippen molar-refractivity contribution in [2.45, 2.75) is 31.5 Å². The predicted octanol–water partition coefficient (Wildman–Crippen LogP) is 1.98. The van der Waals surface area contributed by atoms with E-state index in [9.17, 15) is 5.11 Å². The van der Waals surface area contributed by atoms with Gasteiger partial charge in [0.1, 0.15) is 11.9 Å². The Kier molecular flexibility index (Phi) is 2.50. The Labute approximate surface area is 78.2 Å². The zero-order valence-corrected chi connectivity index (χ0v) is 7.52. The Morgan fingerprint density at radius 1 is 1.15 bits per heavy atom. The minimum absolute atomic E-state index is 0.00222. The van der Waals surface area contributed by atoms with Gasteiger partial charge in [-0.1, -0.05) is 18.2 Å². The van der Waals surface area contributed by atoms with Crippen LogP contribution in [0.4, 0.5) is 0 Å². The molecule has 0 heterocycles. The van der Waals surface area contributed by atoms with Crippen LogP contribution in [0.15, 0.2) is 30.3 Å². The Bertz CT molecular complexity index is 258. The molecule has 0 saturated heterocycles. The van der Waals surface area contributed by atoms with Crippen molar-refractivity contribution in [3.63, 3.8) is 0 Å². The summed E-state index contributed by atoms with van der Waals surface area (Å²) in [6, 6.07) is 9.68. The van der Waals surface area contributed by atoms with Gasteiger partial charge in [0.15, 0.2) is 0 Å². The van der Waals surface area contributed by atoms with Gasteiger partial charge in [0, 0.05) is 0 Å². The summed E-state index contributed by atoms with van der Waals surface area (Å²) in [7, 11) is 0. The molecule has 0 bridgehead atoms. The zero-order valence-electron chi connectivity index (χ0n) is 7.52. The van der Waals surface area contributed by atoms with E-state index in [0.717, 1.165) is 25.0 Å². The SMILES string of the molecule is O[C@@H]1CCCC1Oc1ccccc1. The van der Waals surface area contributed by atoms with Gasteiger partial charge in [-0.25, -0.2) is 0 Å². The summed E-state index contributed by atoms with van der Waals surface area (Å²) < 4.78 is 5.64. The second-order valence-corrected chi connectivity index (χ2v) is 3.47. The van der Waals surface area contributed by atoms with Gasteiger partial charge in [-0.3, -0.25) is 0 Å². The molecule has 1 fully saturated rings. The summed E-state index contributed by atoms with van der Waals surface area (Å²) in [6.45, 7) is 0. The van der Waals surface area contributed by atoms with Gasteiger partial charge in [0.05, 0.1) is 6.10 Å². The number of aliphatic hydroxyl groups is 1. The first-order chi connectivity index (χ1) is 6.36. The highest BCUT2D eigenvalue weighted by Gasteiger charge is 2.26. The fraction of sp³-hybridized carbons (Fsp3) is 0.455. The van der Waals surface area contributed by atoms with Crippen molar-refractivity contribution < 1.29 is 9.84 Å². The van der Waals surface area contributed by atoms with E-state index in [1.165, 1.54) is 0 Å². The molecule has 2 heteroatoms. The number of rotatable bonds is 2. The number of aliphatic hydroxyl groups excluding tert-OH is 1. The van der Waals surface area contributed by atoms with E-state index >= 15 is 0 Å². The summed E-state index contributed by atoms with van der Waals surface area (Å²) >= 11 is 0. The Morgan fingerprint density at radius 2 is 1.92 bits per heavy atom. The quantitative estimate of drug-likeness (QED) is 0.750. The van der Waals surface area contributed by atoms with Crippen LogP contribution in [0.1, 0.15) is 19.3 Å². The van der Waals surface area contributed by atoms with Crippen LogP contribution in [-0.2, 0) is 0 Å². The summed E-state index contributed by atoms with van der Waals surface area (Å²) in [5, 5.41) is 9.53. The van der Waals surface area contributed by atoms with E-state index in [1.807, 2.05) is 30.3 Å². The lowest BCUT2D eigenvalue weighted by molar-refractivity contribution is 0.0604. The van der Waals surface area contributed by atoms with Crippen molar-refractivity contribution in [1.82, 2.24) is 0 Å². The van der Waals surface area contributed by atoms with Crippen molar-refractivity contribution in [3.8, 4) is 5.75 Å². The number of benzene rings is 1. The molecule has 2 nitrogen and oxygen atoms in total. The summed E-state index contributed by atoms with van der Waals surface area (Å²) in [5.41, 5.74) is 0. The number of ether oxygens (including phenoxy) is 1. The van der Waals surface area contributed by atoms with Crippen LogP contribution >= 0.6 is 0 Å². The molecule has 1 unspecified atom stereocenters. The van der Waals surface area contributed by atoms with Crippen molar-refractivity contribution >= 4 is 0 Å². The highest BCUT2D eigenvalue weighted by molar-refractivity contribution is 5.21. The lowest BCUT2D eigenvalue weighted by Crippen LogP contribution is -2.25. The molecule has 13 heavy (non-hydrogen) atoms. The fourth-order valence-corrected chi connectivity index (χ4v) is 1.72. The minimum atomic E-state index is -0.278. The van der Waals surface area contributed by atoms with Gasteiger partial charge < -0.3 is 9.84 Å². The molecule has 2 rings (SSSR count). The Hall–Kier alpha value is -1.02. The van der Waals surface area contributed by atoms with Gasteiger partial charge in [0.2, 0.25) is 0 Å². The van der Waals surface area contributed by atoms with Gasteiger partial charge in [-0.2, -0.15) is 0 Å². The average Bonchev–Trinajstić information content (AvgIpc) is 2.54. The maximum absolute atomic E-state index is 9.53. The number of hydrogen-bond acceptors (Lipinski definition) is 2. The molecule has 70 valence electrons. The molecule has 0 aromatic heterocycles. The van der Waals surface area contributed by atoms with E-state index in [1.54, 1.807) is 0 Å². The molecule has 1 saturated carbocycles. The number of hydrogen-bond donors (Lipinski definition) is 1. The third-order valence-electron chi connectivity index (χ3n) is 2.45. The average molecular weight is 178 g/mol. The second-order valence-electron chi connectivity index (χ2n) is 3.47. The number of para-hydroxylation sites is 1. The van der Waals surface area contributed by atoms with Crippen LogP contribution in [0.5, 0.6) is 5.75 Å². The van der Waals surface area contributed by atoms with Crippen LogP contribution in [0.2, 0.25) is 0 Å². The summed E-state index contributed by atoms with van der Waals surface area (Å²) in [6.07, 6.45) is 2.63. The van der Waals surface area contributed by atoms with Gasteiger partial charge >= 0.3 is 0 Å². The van der Waals surface area contributed by atoms with Crippen LogP contribution in [0.3, 0.4) is 0 Å². The third-order valence-corrected chi connectivity index (χ3v) is 2.45. The lowest BCUT2D eigenvalue weighted by atomic mass is 10.2. The molecule has 2 atom stereocenters. The van der Waals surface area contributed by atoms with Gasteiger partial charge in [0.25, 0.3) is 0 Å². The first-order valence-electron chi connectivity index (χ1n) is 4.76. The van der Waals surface area contributed by atoms with E-state index in [2.05, 4.69) is 0 Å². The van der Waals surface area contributed by atoms with Gasteiger partial charge in [-0.15, -0.1) is 0 Å². The molecular formula is C11H14O2. The molecule has 0 spiro atoms. The first kappa shape index (κ1) is 8.57. The largest absolute Gasteiger partial charge is 0.488 e. The smallest absolute Gasteiger partial charge is 0.124 e. The molecule has 1 aliphatic rings. The van der Waals surface area contributed by atoms with Crippen LogP contribution < -0.4 is 4.74 Å². The maximum atomic E-state index is 9.53. The van der Waals surface area contributed by atoms with Crippen molar-refractivity contribution in [2.24, 2.45) is 0 Å². The highest BCUT2D eigenvalue weighted by Crippen LogP contribution is 2.24. The normalized spacial score (nSPS) is 27.5. The predicted molar refractivity (Wildman–Crippen MR) is 50.7 cm³/mol. The third kappa shape index (κ3) is 2.01. The Balaban J connectivity index is 1.98. The molecule has 1 aliphatic carbocycles. The summed E-state index contributed by atoms with van der Waals surface area (Å²) in [5.74, 6) is 0.855. The van der Waals surface area contributed by atoms with E-state index in [-0.39, 0.29) is 12.2 Å². The van der Waals surface area contributed by atoms with E-state index in [0.29, 0.717) is 0 Å². The minimum Gasteiger partial charge on any atom is -0.488 e. The van der Waals surface area contributed by atoms with Crippen LogP contribution in [-0.4, -0.2) is 17.3 Å². The molecule has 0 radical (unpaired) electrons. The first-order valence-corrected chi connectivity index (χ1v) is 4.76. The van der Waals surface area contributed by atoms with Crippen molar-refractivity contribution in [1.29, 1.82) is 0 Å². The van der Waals surface area contributed by atoms with Crippen molar-refractivity contribution in [2.75, 3.05) is 0 Å². The van der Waals surface area contributed by atoms with E-state index in [4.69, 9.17) is 4.74 Å². The molecule has 0 amide bonds. The Morgan fingerprint density at radius 3 is 2.54 bits per heavy atom. The van der Waals surface area contributed by atoms with Crippen molar-refractivity contribution in [3.05, 3.63) is 30.3 Å². The topological polar surface area (TPSA) is 29.5 Å². The fourth-order valence-electron chi connectivity index (χ4n) is 1.72. The molecule has 1 aromatic carbocycles. The monoisotopic (exact) mass is 178 g/mol. The molecule has 1 aromatic rings. The van der Waals surface area contributed by atoms with Crippen LogP contribution in [0.25, 0.3) is 0 Å². The second kappa shape index (κ2) is 3.79. The standard InChI is InChI=1S/C11H14O2/c12-10-7-4-8-11(10)13-9-5-2-1-3-6-9/h1-3,5-6,10-12H,4,7-8H2/t10-,11?/m1/s1. The lowest BCUT2D eigenvalue weighted by Gasteiger charge is -2.16. The molecular weight excluding hydrogens is 164 g/mol.